The molecule has 1 saturated carbocycles. The van der Waals surface area contributed by atoms with Crippen LogP contribution in [0.25, 0.3) is 0 Å². The predicted octanol–water partition coefficient (Wildman–Crippen LogP) is 4.49. The van der Waals surface area contributed by atoms with Crippen LogP contribution in [0.1, 0.15) is 59.8 Å². The first-order valence-corrected chi connectivity index (χ1v) is 6.20. The molecule has 1 fully saturated rings. The molecule has 4 atom stereocenters. The molecule has 0 heteroatoms. The first kappa shape index (κ1) is 11.1. The van der Waals surface area contributed by atoms with E-state index >= 15 is 0 Å². The zero-order valence-corrected chi connectivity index (χ0v) is 9.84. The largest absolute Gasteiger partial charge is 0.0654 e. The second kappa shape index (κ2) is 5.02. The van der Waals surface area contributed by atoms with Crippen LogP contribution < -0.4 is 0 Å². The minimum Gasteiger partial charge on any atom is -0.0654 e. The van der Waals surface area contributed by atoms with Gasteiger partial charge in [-0.25, -0.2) is 0 Å². The van der Waals surface area contributed by atoms with Gasteiger partial charge >= 0.3 is 0 Å². The Kier molecular flexibility index (Phi) is 4.28. The summed E-state index contributed by atoms with van der Waals surface area (Å²) in [7, 11) is 0. The van der Waals surface area contributed by atoms with Crippen LogP contribution in [0.15, 0.2) is 0 Å². The lowest BCUT2D eigenvalue weighted by Crippen LogP contribution is -2.13. The van der Waals surface area contributed by atoms with Crippen LogP contribution >= 0.6 is 0 Å². The Bertz CT molecular complexity index is 139. The van der Waals surface area contributed by atoms with Gasteiger partial charge in [0.15, 0.2) is 0 Å². The summed E-state index contributed by atoms with van der Waals surface area (Å²) in [4.78, 5) is 0. The van der Waals surface area contributed by atoms with Gasteiger partial charge in [-0.15, -0.1) is 0 Å². The van der Waals surface area contributed by atoms with Gasteiger partial charge in [0.1, 0.15) is 0 Å². The Morgan fingerprint density at radius 1 is 1.31 bits per heavy atom. The Labute approximate surface area is 84.1 Å². The van der Waals surface area contributed by atoms with Gasteiger partial charge in [-0.05, 0) is 30.1 Å². The highest BCUT2D eigenvalue weighted by molar-refractivity contribution is 4.89. The van der Waals surface area contributed by atoms with Crippen LogP contribution in [0, 0.1) is 23.7 Å². The van der Waals surface area contributed by atoms with Gasteiger partial charge in [-0.3, -0.25) is 0 Å². The van der Waals surface area contributed by atoms with Crippen LogP contribution in [-0.2, 0) is 0 Å². The van der Waals surface area contributed by atoms with E-state index in [0.29, 0.717) is 0 Å². The fourth-order valence-corrected chi connectivity index (χ4v) is 2.81. The average Bonchev–Trinajstić information content (AvgIpc) is 2.80. The standard InChI is InChI=1S/C13H26/c1-5-7-8-10(3)12(6-2)13-9-11(13)4/h10-13H,5-9H2,1-4H3. The third-order valence-corrected chi connectivity index (χ3v) is 3.94. The number of unbranched alkanes of at least 4 members (excludes halogenated alkanes) is 1. The first-order valence-electron chi connectivity index (χ1n) is 6.20. The summed E-state index contributed by atoms with van der Waals surface area (Å²) in [5.41, 5.74) is 0. The van der Waals surface area contributed by atoms with E-state index in [1.807, 2.05) is 0 Å². The summed E-state index contributed by atoms with van der Waals surface area (Å²) in [5.74, 6) is 4.12. The highest BCUT2D eigenvalue weighted by Gasteiger charge is 2.40. The molecular weight excluding hydrogens is 156 g/mol. The monoisotopic (exact) mass is 182 g/mol. The third-order valence-electron chi connectivity index (χ3n) is 3.94. The maximum atomic E-state index is 2.47. The van der Waals surface area contributed by atoms with Crippen LogP contribution in [-0.4, -0.2) is 0 Å². The highest BCUT2D eigenvalue weighted by Crippen LogP contribution is 2.48. The minimum atomic E-state index is 0.972. The molecule has 0 bridgehead atoms. The minimum absolute atomic E-state index is 0.972. The van der Waals surface area contributed by atoms with E-state index in [-0.39, 0.29) is 0 Å². The van der Waals surface area contributed by atoms with Crippen LogP contribution in [0.2, 0.25) is 0 Å². The molecule has 1 aliphatic carbocycles. The molecule has 0 radical (unpaired) electrons. The van der Waals surface area contributed by atoms with Crippen molar-refractivity contribution in [1.82, 2.24) is 0 Å². The molecule has 0 nitrogen and oxygen atoms in total. The molecular formula is C13H26. The Morgan fingerprint density at radius 2 is 1.92 bits per heavy atom. The molecule has 0 spiro atoms. The van der Waals surface area contributed by atoms with E-state index in [0.717, 1.165) is 23.7 Å². The van der Waals surface area contributed by atoms with Crippen LogP contribution in [0.5, 0.6) is 0 Å². The van der Waals surface area contributed by atoms with E-state index in [1.165, 1.54) is 32.1 Å². The van der Waals surface area contributed by atoms with Gasteiger partial charge in [0.2, 0.25) is 0 Å². The molecule has 0 N–H and O–H groups in total. The molecule has 0 saturated heterocycles. The summed E-state index contributed by atoms with van der Waals surface area (Å²) < 4.78 is 0. The number of hydrogen-bond acceptors (Lipinski definition) is 0. The fourth-order valence-electron chi connectivity index (χ4n) is 2.81. The van der Waals surface area contributed by atoms with Crippen molar-refractivity contribution in [3.8, 4) is 0 Å². The number of rotatable bonds is 6. The van der Waals surface area contributed by atoms with Gasteiger partial charge < -0.3 is 0 Å². The molecule has 4 unspecified atom stereocenters. The van der Waals surface area contributed by atoms with Gasteiger partial charge in [-0.1, -0.05) is 53.4 Å². The molecule has 1 rings (SSSR count). The third kappa shape index (κ3) is 3.00. The van der Waals surface area contributed by atoms with Crippen LogP contribution in [0.3, 0.4) is 0 Å². The lowest BCUT2D eigenvalue weighted by atomic mass is 9.83. The van der Waals surface area contributed by atoms with Crippen molar-refractivity contribution < 1.29 is 0 Å². The predicted molar refractivity (Wildman–Crippen MR) is 59.7 cm³/mol. The number of hydrogen-bond donors (Lipinski definition) is 0. The SMILES string of the molecule is CCCCC(C)C(CC)C1CC1C. The molecule has 78 valence electrons. The second-order valence-corrected chi connectivity index (χ2v) is 5.07. The van der Waals surface area contributed by atoms with Crippen molar-refractivity contribution in [1.29, 1.82) is 0 Å². The van der Waals surface area contributed by atoms with Gasteiger partial charge in [-0.2, -0.15) is 0 Å². The van der Waals surface area contributed by atoms with Crippen LogP contribution in [0.4, 0.5) is 0 Å². The summed E-state index contributed by atoms with van der Waals surface area (Å²) >= 11 is 0. The van der Waals surface area contributed by atoms with Crippen molar-refractivity contribution in [2.45, 2.75) is 59.8 Å². The van der Waals surface area contributed by atoms with Gasteiger partial charge in [0.05, 0.1) is 0 Å². The highest BCUT2D eigenvalue weighted by atomic mass is 14.4. The molecule has 1 aliphatic rings. The lowest BCUT2D eigenvalue weighted by Gasteiger charge is -2.22. The normalized spacial score (nSPS) is 31.4. The molecule has 0 heterocycles. The molecule has 0 aromatic carbocycles. The zero-order chi connectivity index (χ0) is 9.84. The van der Waals surface area contributed by atoms with Crippen molar-refractivity contribution in [2.24, 2.45) is 23.7 Å². The van der Waals surface area contributed by atoms with E-state index in [4.69, 9.17) is 0 Å². The summed E-state index contributed by atoms with van der Waals surface area (Å²) in [6.45, 7) is 9.56. The van der Waals surface area contributed by atoms with E-state index in [9.17, 15) is 0 Å². The quantitative estimate of drug-likeness (QED) is 0.567. The second-order valence-electron chi connectivity index (χ2n) is 5.07. The molecule has 0 aliphatic heterocycles. The van der Waals surface area contributed by atoms with Crippen molar-refractivity contribution >= 4 is 0 Å². The maximum absolute atomic E-state index is 2.47. The maximum Gasteiger partial charge on any atom is -0.0355 e. The van der Waals surface area contributed by atoms with Gasteiger partial charge in [0, 0.05) is 0 Å². The molecule has 0 amide bonds. The summed E-state index contributed by atoms with van der Waals surface area (Å²) in [6.07, 6.45) is 7.16. The molecule has 13 heavy (non-hydrogen) atoms. The average molecular weight is 182 g/mol. The summed E-state index contributed by atoms with van der Waals surface area (Å²) in [5, 5.41) is 0. The topological polar surface area (TPSA) is 0 Å². The zero-order valence-electron chi connectivity index (χ0n) is 9.84. The van der Waals surface area contributed by atoms with E-state index < -0.39 is 0 Å². The lowest BCUT2D eigenvalue weighted by molar-refractivity contribution is 0.277. The van der Waals surface area contributed by atoms with Crippen molar-refractivity contribution in [3.63, 3.8) is 0 Å². The first-order chi connectivity index (χ1) is 6.20. The Hall–Kier alpha value is 0. The fraction of sp³-hybridized carbons (Fsp3) is 1.00. The molecule has 0 aromatic rings. The van der Waals surface area contributed by atoms with E-state index in [2.05, 4.69) is 27.7 Å². The summed E-state index contributed by atoms with van der Waals surface area (Å²) in [6, 6.07) is 0. The Morgan fingerprint density at radius 3 is 2.31 bits per heavy atom. The van der Waals surface area contributed by atoms with Gasteiger partial charge in [0.25, 0.3) is 0 Å². The molecule has 0 aromatic heterocycles. The smallest absolute Gasteiger partial charge is 0.0355 e. The van der Waals surface area contributed by atoms with E-state index in [1.54, 1.807) is 0 Å². The van der Waals surface area contributed by atoms with Crippen molar-refractivity contribution in [3.05, 3.63) is 0 Å². The Balaban J connectivity index is 2.28. The van der Waals surface area contributed by atoms with Crippen molar-refractivity contribution in [2.75, 3.05) is 0 Å².